The van der Waals surface area contributed by atoms with Gasteiger partial charge in [0.15, 0.2) is 0 Å². The van der Waals surface area contributed by atoms with Crippen molar-refractivity contribution in [2.75, 3.05) is 13.1 Å². The monoisotopic (exact) mass is 200 g/mol. The summed E-state index contributed by atoms with van der Waals surface area (Å²) in [5.74, 6) is 0. The number of aliphatic hydroxyl groups is 1. The van der Waals surface area contributed by atoms with Crippen molar-refractivity contribution in [3.8, 4) is 0 Å². The Morgan fingerprint density at radius 1 is 1.36 bits per heavy atom. The molecule has 1 saturated heterocycles. The van der Waals surface area contributed by atoms with Crippen molar-refractivity contribution in [3.05, 3.63) is 0 Å². The number of nitrogens with zero attached hydrogens (tertiary/aromatic N) is 1. The molecule has 0 saturated carbocycles. The van der Waals surface area contributed by atoms with Crippen molar-refractivity contribution in [3.63, 3.8) is 0 Å². The molecule has 1 fully saturated rings. The van der Waals surface area contributed by atoms with E-state index in [0.717, 1.165) is 0 Å². The van der Waals surface area contributed by atoms with Crippen molar-refractivity contribution in [2.45, 2.75) is 57.7 Å². The maximum Gasteiger partial charge on any atom is 0.0867 e. The van der Waals surface area contributed by atoms with Crippen LogP contribution in [0.4, 0.5) is 0 Å². The fourth-order valence-corrected chi connectivity index (χ4v) is 2.24. The molecular weight excluding hydrogens is 176 g/mol. The van der Waals surface area contributed by atoms with Crippen molar-refractivity contribution in [1.29, 1.82) is 0 Å². The van der Waals surface area contributed by atoms with Gasteiger partial charge in [0.05, 0.1) is 5.60 Å². The van der Waals surface area contributed by atoms with Gasteiger partial charge in [-0.3, -0.25) is 4.90 Å². The SMILES string of the molecule is C[C@@H]1CCC[C@H](C)N1CC(C)(O)CN. The molecule has 1 heterocycles. The largest absolute Gasteiger partial charge is 0.388 e. The van der Waals surface area contributed by atoms with Crippen LogP contribution in [0.3, 0.4) is 0 Å². The standard InChI is InChI=1S/C11H24N2O/c1-9-5-4-6-10(2)13(9)8-11(3,14)7-12/h9-10,14H,4-8,12H2,1-3H3/t9-,10+,11?. The lowest BCUT2D eigenvalue weighted by Crippen LogP contribution is -2.53. The van der Waals surface area contributed by atoms with Gasteiger partial charge in [-0.2, -0.15) is 0 Å². The van der Waals surface area contributed by atoms with Gasteiger partial charge in [-0.25, -0.2) is 0 Å². The highest BCUT2D eigenvalue weighted by molar-refractivity contribution is 4.86. The van der Waals surface area contributed by atoms with Crippen LogP contribution in [-0.4, -0.2) is 40.8 Å². The van der Waals surface area contributed by atoms with E-state index < -0.39 is 5.60 Å². The average molecular weight is 200 g/mol. The van der Waals surface area contributed by atoms with E-state index in [-0.39, 0.29) is 0 Å². The molecule has 14 heavy (non-hydrogen) atoms. The molecule has 1 aliphatic rings. The number of rotatable bonds is 3. The van der Waals surface area contributed by atoms with Crippen LogP contribution in [-0.2, 0) is 0 Å². The van der Waals surface area contributed by atoms with Crippen molar-refractivity contribution < 1.29 is 5.11 Å². The van der Waals surface area contributed by atoms with E-state index in [9.17, 15) is 5.11 Å². The number of hydrogen-bond acceptors (Lipinski definition) is 3. The second-order valence-corrected chi connectivity index (χ2v) is 5.00. The van der Waals surface area contributed by atoms with Gasteiger partial charge in [0.25, 0.3) is 0 Å². The normalized spacial score (nSPS) is 34.1. The van der Waals surface area contributed by atoms with Gasteiger partial charge < -0.3 is 10.8 Å². The predicted octanol–water partition coefficient (Wildman–Crippen LogP) is 0.959. The first kappa shape index (κ1) is 12.0. The summed E-state index contributed by atoms with van der Waals surface area (Å²) < 4.78 is 0. The van der Waals surface area contributed by atoms with Crippen LogP contribution in [0, 0.1) is 0 Å². The van der Waals surface area contributed by atoms with E-state index >= 15 is 0 Å². The molecule has 0 spiro atoms. The predicted molar refractivity (Wildman–Crippen MR) is 59.2 cm³/mol. The lowest BCUT2D eigenvalue weighted by atomic mass is 9.95. The summed E-state index contributed by atoms with van der Waals surface area (Å²) in [6.07, 6.45) is 3.79. The Morgan fingerprint density at radius 2 is 1.86 bits per heavy atom. The Labute approximate surface area is 87.3 Å². The number of hydrogen-bond donors (Lipinski definition) is 2. The first-order chi connectivity index (χ1) is 6.46. The Hall–Kier alpha value is -0.120. The molecule has 1 unspecified atom stereocenters. The van der Waals surface area contributed by atoms with Crippen LogP contribution in [0.5, 0.6) is 0 Å². The number of nitrogens with two attached hydrogens (primary N) is 1. The van der Waals surface area contributed by atoms with Gasteiger partial charge in [-0.1, -0.05) is 6.42 Å². The van der Waals surface area contributed by atoms with Gasteiger partial charge >= 0.3 is 0 Å². The van der Waals surface area contributed by atoms with Crippen LogP contribution in [0.15, 0.2) is 0 Å². The summed E-state index contributed by atoms with van der Waals surface area (Å²) in [5.41, 5.74) is 4.80. The molecule has 1 aliphatic heterocycles. The Bertz CT molecular complexity index is 172. The zero-order chi connectivity index (χ0) is 10.8. The van der Waals surface area contributed by atoms with E-state index in [0.29, 0.717) is 25.2 Å². The molecule has 0 aliphatic carbocycles. The van der Waals surface area contributed by atoms with Crippen LogP contribution in [0.1, 0.15) is 40.0 Å². The molecule has 0 bridgehead atoms. The highest BCUT2D eigenvalue weighted by atomic mass is 16.3. The zero-order valence-electron chi connectivity index (χ0n) is 9.66. The number of piperidine rings is 1. The molecule has 3 heteroatoms. The topological polar surface area (TPSA) is 49.5 Å². The second-order valence-electron chi connectivity index (χ2n) is 5.00. The van der Waals surface area contributed by atoms with Crippen LogP contribution in [0.2, 0.25) is 0 Å². The molecular formula is C11H24N2O. The quantitative estimate of drug-likeness (QED) is 0.713. The van der Waals surface area contributed by atoms with Gasteiger partial charge in [-0.15, -0.1) is 0 Å². The van der Waals surface area contributed by atoms with Gasteiger partial charge in [0.2, 0.25) is 0 Å². The first-order valence-electron chi connectivity index (χ1n) is 5.64. The lowest BCUT2D eigenvalue weighted by molar-refractivity contribution is -0.0128. The molecule has 3 atom stereocenters. The third-order valence-corrected chi connectivity index (χ3v) is 3.34. The lowest BCUT2D eigenvalue weighted by Gasteiger charge is -2.42. The summed E-state index contributed by atoms with van der Waals surface area (Å²) in [5, 5.41) is 9.94. The van der Waals surface area contributed by atoms with Crippen molar-refractivity contribution in [1.82, 2.24) is 4.90 Å². The molecule has 3 N–H and O–H groups in total. The minimum absolute atomic E-state index is 0.336. The maximum absolute atomic E-state index is 9.94. The van der Waals surface area contributed by atoms with Crippen LogP contribution < -0.4 is 5.73 Å². The van der Waals surface area contributed by atoms with E-state index in [1.807, 2.05) is 6.92 Å². The second kappa shape index (κ2) is 4.60. The molecule has 0 amide bonds. The summed E-state index contributed by atoms with van der Waals surface area (Å²) in [6.45, 7) is 7.33. The molecule has 0 aromatic carbocycles. The first-order valence-corrected chi connectivity index (χ1v) is 5.64. The van der Waals surface area contributed by atoms with Crippen molar-refractivity contribution >= 4 is 0 Å². The summed E-state index contributed by atoms with van der Waals surface area (Å²) in [6, 6.07) is 1.16. The maximum atomic E-state index is 9.94. The Morgan fingerprint density at radius 3 is 2.29 bits per heavy atom. The molecule has 0 aromatic heterocycles. The highest BCUT2D eigenvalue weighted by Crippen LogP contribution is 2.24. The van der Waals surface area contributed by atoms with Gasteiger partial charge in [0.1, 0.15) is 0 Å². The Balaban J connectivity index is 2.56. The number of β-amino-alcohol motifs (C(OH)–C–C–N with tert-alkyl or cyclic N) is 1. The highest BCUT2D eigenvalue weighted by Gasteiger charge is 2.30. The fraction of sp³-hybridized carbons (Fsp3) is 1.00. The number of likely N-dealkylation sites (tertiary alicyclic amines) is 1. The summed E-state index contributed by atoms with van der Waals surface area (Å²) >= 11 is 0. The molecule has 0 radical (unpaired) electrons. The molecule has 1 rings (SSSR count). The van der Waals surface area contributed by atoms with E-state index in [1.54, 1.807) is 0 Å². The van der Waals surface area contributed by atoms with E-state index in [2.05, 4.69) is 18.7 Å². The fourth-order valence-electron chi connectivity index (χ4n) is 2.24. The average Bonchev–Trinajstić information content (AvgIpc) is 2.12. The summed E-state index contributed by atoms with van der Waals surface area (Å²) in [4.78, 5) is 2.39. The smallest absolute Gasteiger partial charge is 0.0867 e. The van der Waals surface area contributed by atoms with Crippen LogP contribution >= 0.6 is 0 Å². The third kappa shape index (κ3) is 2.94. The van der Waals surface area contributed by atoms with Crippen LogP contribution in [0.25, 0.3) is 0 Å². The van der Waals surface area contributed by atoms with E-state index in [1.165, 1.54) is 19.3 Å². The molecule has 0 aromatic rings. The molecule has 84 valence electrons. The van der Waals surface area contributed by atoms with E-state index in [4.69, 9.17) is 5.73 Å². The minimum atomic E-state index is -0.736. The van der Waals surface area contributed by atoms with Crippen molar-refractivity contribution in [2.24, 2.45) is 5.73 Å². The molecule has 3 nitrogen and oxygen atoms in total. The zero-order valence-corrected chi connectivity index (χ0v) is 9.66. The Kier molecular flexibility index (Phi) is 3.93. The minimum Gasteiger partial charge on any atom is -0.388 e. The summed E-state index contributed by atoms with van der Waals surface area (Å²) in [7, 11) is 0. The van der Waals surface area contributed by atoms with Gasteiger partial charge in [0, 0.05) is 25.2 Å². The van der Waals surface area contributed by atoms with Gasteiger partial charge in [-0.05, 0) is 33.6 Å². The third-order valence-electron chi connectivity index (χ3n) is 3.34.